The van der Waals surface area contributed by atoms with Gasteiger partial charge >= 0.3 is 0 Å². The Kier molecular flexibility index (Phi) is 6.61. The van der Waals surface area contributed by atoms with Gasteiger partial charge in [-0.2, -0.15) is 0 Å². The molecule has 5 heteroatoms. The average Bonchev–Trinajstić information content (AvgIpc) is 2.50. The van der Waals surface area contributed by atoms with Gasteiger partial charge in [0.1, 0.15) is 17.2 Å². The number of benzene rings is 1. The molecule has 0 amide bonds. The van der Waals surface area contributed by atoms with E-state index < -0.39 is 0 Å². The van der Waals surface area contributed by atoms with Gasteiger partial charge in [0.25, 0.3) is 0 Å². The number of hydrogen-bond acceptors (Lipinski definition) is 5. The summed E-state index contributed by atoms with van der Waals surface area (Å²) < 4.78 is 16.0. The molecule has 1 aromatic rings. The van der Waals surface area contributed by atoms with E-state index in [4.69, 9.17) is 19.3 Å². The van der Waals surface area contributed by atoms with Crippen LogP contribution in [0.15, 0.2) is 12.1 Å². The maximum absolute atomic E-state index is 9.17. The van der Waals surface area contributed by atoms with Crippen molar-refractivity contribution < 1.29 is 19.3 Å². The third-order valence-corrected chi connectivity index (χ3v) is 3.56. The minimum absolute atomic E-state index is 0.158. The van der Waals surface area contributed by atoms with E-state index in [1.165, 1.54) is 0 Å². The topological polar surface area (TPSA) is 60.0 Å². The fourth-order valence-corrected chi connectivity index (χ4v) is 1.87. The zero-order valence-electron chi connectivity index (χ0n) is 12.9. The zero-order chi connectivity index (χ0) is 15.1. The van der Waals surface area contributed by atoms with Gasteiger partial charge in [0.05, 0.1) is 26.9 Å². The molecular formula is C15H25NO4. The molecule has 0 aliphatic heterocycles. The van der Waals surface area contributed by atoms with Crippen LogP contribution in [0.1, 0.15) is 19.4 Å². The fraction of sp³-hybridized carbons (Fsp3) is 0.600. The number of rotatable bonds is 8. The Morgan fingerprint density at radius 1 is 1.05 bits per heavy atom. The molecule has 0 bridgehead atoms. The van der Waals surface area contributed by atoms with Crippen molar-refractivity contribution in [3.63, 3.8) is 0 Å². The number of aliphatic hydroxyl groups excluding tert-OH is 1. The van der Waals surface area contributed by atoms with Crippen molar-refractivity contribution in [1.29, 1.82) is 0 Å². The Bertz CT molecular complexity index is 397. The van der Waals surface area contributed by atoms with Crippen LogP contribution in [0.3, 0.4) is 0 Å². The van der Waals surface area contributed by atoms with Gasteiger partial charge in [-0.3, -0.25) is 0 Å². The van der Waals surface area contributed by atoms with E-state index in [1.807, 2.05) is 26.0 Å². The van der Waals surface area contributed by atoms with Crippen LogP contribution in [0.25, 0.3) is 0 Å². The van der Waals surface area contributed by atoms with Crippen molar-refractivity contribution >= 4 is 0 Å². The number of hydrogen-bond donors (Lipinski definition) is 2. The van der Waals surface area contributed by atoms with E-state index in [-0.39, 0.29) is 18.6 Å². The lowest BCUT2D eigenvalue weighted by molar-refractivity contribution is 0.206. The first-order valence-corrected chi connectivity index (χ1v) is 6.70. The van der Waals surface area contributed by atoms with Crippen LogP contribution in [-0.4, -0.2) is 39.1 Å². The number of nitrogens with one attached hydrogen (secondary N) is 1. The molecule has 2 N–H and O–H groups in total. The van der Waals surface area contributed by atoms with Gasteiger partial charge in [-0.1, -0.05) is 6.92 Å². The number of methoxy groups -OCH3 is 3. The van der Waals surface area contributed by atoms with Crippen LogP contribution in [-0.2, 0) is 6.54 Å². The molecule has 0 heterocycles. The first-order chi connectivity index (χ1) is 9.57. The largest absolute Gasteiger partial charge is 0.496 e. The summed E-state index contributed by atoms with van der Waals surface area (Å²) in [6, 6.07) is 3.86. The summed E-state index contributed by atoms with van der Waals surface area (Å²) in [7, 11) is 4.85. The molecule has 2 atom stereocenters. The summed E-state index contributed by atoms with van der Waals surface area (Å²) in [5, 5.41) is 12.5. The van der Waals surface area contributed by atoms with Crippen LogP contribution in [0, 0.1) is 5.92 Å². The quantitative estimate of drug-likeness (QED) is 0.762. The standard InChI is InChI=1S/C15H25NO4/c1-10(9-17)11(2)16-8-13-14(19-4)6-12(18-3)7-15(13)20-5/h6-7,10-11,16-17H,8-9H2,1-5H3. The molecular weight excluding hydrogens is 258 g/mol. The van der Waals surface area contributed by atoms with Gasteiger partial charge in [0.15, 0.2) is 0 Å². The van der Waals surface area contributed by atoms with Gasteiger partial charge in [0, 0.05) is 31.3 Å². The second kappa shape index (κ2) is 7.97. The Hall–Kier alpha value is -1.46. The molecule has 5 nitrogen and oxygen atoms in total. The monoisotopic (exact) mass is 283 g/mol. The van der Waals surface area contributed by atoms with Gasteiger partial charge < -0.3 is 24.6 Å². The third-order valence-electron chi connectivity index (χ3n) is 3.56. The SMILES string of the molecule is COc1cc(OC)c(CNC(C)C(C)CO)c(OC)c1. The van der Waals surface area contributed by atoms with Crippen LogP contribution in [0.4, 0.5) is 0 Å². The minimum atomic E-state index is 0.158. The summed E-state index contributed by atoms with van der Waals surface area (Å²) in [5.74, 6) is 2.32. The van der Waals surface area contributed by atoms with Crippen molar-refractivity contribution in [2.45, 2.75) is 26.4 Å². The Balaban J connectivity index is 2.92. The molecule has 0 saturated heterocycles. The van der Waals surface area contributed by atoms with Gasteiger partial charge in [-0.15, -0.1) is 0 Å². The fourth-order valence-electron chi connectivity index (χ4n) is 1.87. The first-order valence-electron chi connectivity index (χ1n) is 6.70. The van der Waals surface area contributed by atoms with Gasteiger partial charge in [-0.25, -0.2) is 0 Å². The highest BCUT2D eigenvalue weighted by Gasteiger charge is 2.16. The highest BCUT2D eigenvalue weighted by molar-refractivity contribution is 5.50. The van der Waals surface area contributed by atoms with E-state index in [0.717, 1.165) is 17.1 Å². The molecule has 1 rings (SSSR count). The molecule has 0 aromatic heterocycles. The van der Waals surface area contributed by atoms with Gasteiger partial charge in [0.2, 0.25) is 0 Å². The zero-order valence-corrected chi connectivity index (χ0v) is 12.9. The molecule has 0 radical (unpaired) electrons. The normalized spacial score (nSPS) is 13.7. The van der Waals surface area contributed by atoms with E-state index in [1.54, 1.807) is 21.3 Å². The molecule has 0 aliphatic carbocycles. The molecule has 0 aliphatic rings. The summed E-state index contributed by atoms with van der Waals surface area (Å²) in [6.07, 6.45) is 0. The van der Waals surface area contributed by atoms with E-state index in [9.17, 15) is 0 Å². The summed E-state index contributed by atoms with van der Waals surface area (Å²) in [6.45, 7) is 4.80. The molecule has 0 saturated carbocycles. The van der Waals surface area contributed by atoms with E-state index >= 15 is 0 Å². The number of ether oxygens (including phenoxy) is 3. The molecule has 0 fully saturated rings. The van der Waals surface area contributed by atoms with Crippen LogP contribution in [0.2, 0.25) is 0 Å². The summed E-state index contributed by atoms with van der Waals surface area (Å²) in [5.41, 5.74) is 0.938. The summed E-state index contributed by atoms with van der Waals surface area (Å²) in [4.78, 5) is 0. The molecule has 1 aromatic carbocycles. The predicted octanol–water partition coefficient (Wildman–Crippen LogP) is 1.82. The minimum Gasteiger partial charge on any atom is -0.496 e. The van der Waals surface area contributed by atoms with Crippen LogP contribution < -0.4 is 19.5 Å². The Morgan fingerprint density at radius 3 is 2.00 bits per heavy atom. The first kappa shape index (κ1) is 16.6. The third kappa shape index (κ3) is 4.02. The maximum Gasteiger partial charge on any atom is 0.130 e. The van der Waals surface area contributed by atoms with Crippen molar-refractivity contribution in [2.75, 3.05) is 27.9 Å². The van der Waals surface area contributed by atoms with Crippen molar-refractivity contribution in [3.05, 3.63) is 17.7 Å². The predicted molar refractivity (Wildman–Crippen MR) is 78.6 cm³/mol. The van der Waals surface area contributed by atoms with E-state index in [2.05, 4.69) is 5.32 Å². The smallest absolute Gasteiger partial charge is 0.130 e. The number of aliphatic hydroxyl groups is 1. The lowest BCUT2D eigenvalue weighted by Crippen LogP contribution is -2.33. The summed E-state index contributed by atoms with van der Waals surface area (Å²) >= 11 is 0. The second-order valence-electron chi connectivity index (χ2n) is 4.84. The highest BCUT2D eigenvalue weighted by Crippen LogP contribution is 2.34. The lowest BCUT2D eigenvalue weighted by atomic mass is 10.0. The Morgan fingerprint density at radius 2 is 1.60 bits per heavy atom. The van der Waals surface area contributed by atoms with Crippen LogP contribution in [0.5, 0.6) is 17.2 Å². The average molecular weight is 283 g/mol. The van der Waals surface area contributed by atoms with Crippen molar-refractivity contribution in [1.82, 2.24) is 5.32 Å². The molecule has 20 heavy (non-hydrogen) atoms. The molecule has 114 valence electrons. The van der Waals surface area contributed by atoms with Crippen molar-refractivity contribution in [3.8, 4) is 17.2 Å². The highest BCUT2D eigenvalue weighted by atomic mass is 16.5. The Labute approximate surface area is 120 Å². The van der Waals surface area contributed by atoms with Gasteiger partial charge in [-0.05, 0) is 12.8 Å². The molecule has 2 unspecified atom stereocenters. The maximum atomic E-state index is 9.17. The molecule has 0 spiro atoms. The second-order valence-corrected chi connectivity index (χ2v) is 4.84. The lowest BCUT2D eigenvalue weighted by Gasteiger charge is -2.21. The van der Waals surface area contributed by atoms with Crippen molar-refractivity contribution in [2.24, 2.45) is 5.92 Å². The van der Waals surface area contributed by atoms with Crippen LogP contribution >= 0.6 is 0 Å². The van der Waals surface area contributed by atoms with E-state index in [0.29, 0.717) is 12.3 Å².